The van der Waals surface area contributed by atoms with Crippen LogP contribution in [0.25, 0.3) is 0 Å². The number of anilines is 1. The highest BCUT2D eigenvalue weighted by molar-refractivity contribution is 6.39. The Hall–Kier alpha value is -3.69. The van der Waals surface area contributed by atoms with Gasteiger partial charge in [0.2, 0.25) is 0 Å². The fourth-order valence-electron chi connectivity index (χ4n) is 3.31. The maximum Gasteiger partial charge on any atom is 0.313 e. The van der Waals surface area contributed by atoms with Crippen LogP contribution in [0, 0.1) is 23.0 Å². The standard InChI is InChI=1S/C20H22N4O6/c1-13-10-16(24(28)29)2-3-17(13)22-19(26)18(25)21-11-14-4-7-23(8-5-14)20(27)15-6-9-30-12-15/h2-3,6,9-10,12,14H,4-5,7-8,11H2,1H3,(H,21,25)(H,22,26). The third kappa shape index (κ3) is 5.02. The smallest absolute Gasteiger partial charge is 0.313 e. The summed E-state index contributed by atoms with van der Waals surface area (Å²) in [5, 5.41) is 15.9. The third-order valence-electron chi connectivity index (χ3n) is 5.10. The van der Waals surface area contributed by atoms with E-state index in [0.29, 0.717) is 49.3 Å². The van der Waals surface area contributed by atoms with Crippen molar-refractivity contribution in [1.29, 1.82) is 0 Å². The van der Waals surface area contributed by atoms with Gasteiger partial charge in [-0.2, -0.15) is 0 Å². The van der Waals surface area contributed by atoms with Crippen LogP contribution < -0.4 is 10.6 Å². The molecule has 0 saturated carbocycles. The van der Waals surface area contributed by atoms with Gasteiger partial charge >= 0.3 is 11.8 Å². The van der Waals surface area contributed by atoms with Crippen molar-refractivity contribution in [2.45, 2.75) is 19.8 Å². The van der Waals surface area contributed by atoms with Crippen LogP contribution in [0.1, 0.15) is 28.8 Å². The number of nitrogens with zero attached hydrogens (tertiary/aromatic N) is 2. The number of nitrogens with one attached hydrogen (secondary N) is 2. The zero-order valence-electron chi connectivity index (χ0n) is 16.4. The van der Waals surface area contributed by atoms with Crippen molar-refractivity contribution in [3.63, 3.8) is 0 Å². The number of aryl methyl sites for hydroxylation is 1. The molecule has 1 aliphatic rings. The number of nitro groups is 1. The van der Waals surface area contributed by atoms with Gasteiger partial charge in [0.25, 0.3) is 11.6 Å². The van der Waals surface area contributed by atoms with Crippen LogP contribution in [0.15, 0.2) is 41.2 Å². The summed E-state index contributed by atoms with van der Waals surface area (Å²) >= 11 is 0. The lowest BCUT2D eigenvalue weighted by Crippen LogP contribution is -2.43. The van der Waals surface area contributed by atoms with Gasteiger partial charge in [-0.15, -0.1) is 0 Å². The largest absolute Gasteiger partial charge is 0.472 e. The number of carbonyl (C=O) groups is 3. The molecule has 1 aromatic heterocycles. The first-order chi connectivity index (χ1) is 14.3. The van der Waals surface area contributed by atoms with Crippen molar-refractivity contribution in [1.82, 2.24) is 10.2 Å². The molecule has 1 aromatic carbocycles. The molecule has 0 atom stereocenters. The van der Waals surface area contributed by atoms with Crippen molar-refractivity contribution >= 4 is 29.1 Å². The third-order valence-corrected chi connectivity index (χ3v) is 5.10. The van der Waals surface area contributed by atoms with Gasteiger partial charge in [-0.1, -0.05) is 0 Å². The Morgan fingerprint density at radius 1 is 1.20 bits per heavy atom. The van der Waals surface area contributed by atoms with E-state index in [4.69, 9.17) is 4.42 Å². The van der Waals surface area contributed by atoms with Crippen molar-refractivity contribution in [3.05, 3.63) is 58.0 Å². The highest BCUT2D eigenvalue weighted by atomic mass is 16.6. The summed E-state index contributed by atoms with van der Waals surface area (Å²) < 4.78 is 4.94. The van der Waals surface area contributed by atoms with Crippen LogP contribution in [0.5, 0.6) is 0 Å². The fourth-order valence-corrected chi connectivity index (χ4v) is 3.31. The Balaban J connectivity index is 1.44. The van der Waals surface area contributed by atoms with Gasteiger partial charge in [0.05, 0.1) is 16.7 Å². The van der Waals surface area contributed by atoms with Crippen molar-refractivity contribution in [2.75, 3.05) is 25.0 Å². The number of nitro benzene ring substituents is 1. The van der Waals surface area contributed by atoms with Gasteiger partial charge in [-0.3, -0.25) is 24.5 Å². The molecule has 0 bridgehead atoms. The van der Waals surface area contributed by atoms with E-state index < -0.39 is 16.7 Å². The van der Waals surface area contributed by atoms with Crippen LogP contribution in [0.3, 0.4) is 0 Å². The summed E-state index contributed by atoms with van der Waals surface area (Å²) in [5.41, 5.74) is 1.25. The average Bonchev–Trinajstić information content (AvgIpc) is 3.28. The molecule has 158 valence electrons. The second kappa shape index (κ2) is 9.21. The molecule has 3 rings (SSSR count). The number of non-ortho nitro benzene ring substituents is 1. The van der Waals surface area contributed by atoms with Crippen molar-refractivity contribution < 1.29 is 23.7 Å². The minimum Gasteiger partial charge on any atom is -0.472 e. The lowest BCUT2D eigenvalue weighted by molar-refractivity contribution is -0.384. The summed E-state index contributed by atoms with van der Waals surface area (Å²) in [5.74, 6) is -1.52. The van der Waals surface area contributed by atoms with E-state index in [-0.39, 0.29) is 17.5 Å². The highest BCUT2D eigenvalue weighted by Crippen LogP contribution is 2.21. The van der Waals surface area contributed by atoms with E-state index in [2.05, 4.69) is 10.6 Å². The zero-order valence-corrected chi connectivity index (χ0v) is 16.4. The maximum absolute atomic E-state index is 12.3. The van der Waals surface area contributed by atoms with E-state index in [1.54, 1.807) is 17.9 Å². The minimum atomic E-state index is -0.834. The molecule has 1 saturated heterocycles. The number of piperidine rings is 1. The van der Waals surface area contributed by atoms with E-state index in [1.165, 1.54) is 30.7 Å². The number of carbonyl (C=O) groups excluding carboxylic acids is 3. The zero-order chi connectivity index (χ0) is 21.7. The van der Waals surface area contributed by atoms with E-state index in [0.717, 1.165) is 0 Å². The normalized spacial score (nSPS) is 14.2. The summed E-state index contributed by atoms with van der Waals surface area (Å²) in [7, 11) is 0. The number of rotatable bonds is 5. The van der Waals surface area contributed by atoms with Crippen LogP contribution in [-0.4, -0.2) is 47.2 Å². The molecule has 2 aromatic rings. The lowest BCUT2D eigenvalue weighted by Gasteiger charge is -2.31. The number of furan rings is 1. The number of hydrogen-bond donors (Lipinski definition) is 2. The number of benzene rings is 1. The van der Waals surface area contributed by atoms with E-state index >= 15 is 0 Å². The summed E-state index contributed by atoms with van der Waals surface area (Å²) in [4.78, 5) is 48.5. The Kier molecular flexibility index (Phi) is 6.45. The van der Waals surface area contributed by atoms with Crippen LogP contribution in [-0.2, 0) is 9.59 Å². The van der Waals surface area contributed by atoms with Gasteiger partial charge in [0, 0.05) is 37.5 Å². The molecule has 0 radical (unpaired) electrons. The van der Waals surface area contributed by atoms with E-state index in [9.17, 15) is 24.5 Å². The Morgan fingerprint density at radius 2 is 1.93 bits per heavy atom. The van der Waals surface area contributed by atoms with Crippen LogP contribution in [0.4, 0.5) is 11.4 Å². The fraction of sp³-hybridized carbons (Fsp3) is 0.350. The summed E-state index contributed by atoms with van der Waals surface area (Å²) in [6.45, 7) is 3.08. The van der Waals surface area contributed by atoms with Crippen LogP contribution in [0.2, 0.25) is 0 Å². The van der Waals surface area contributed by atoms with Gasteiger partial charge in [-0.25, -0.2) is 0 Å². The van der Waals surface area contributed by atoms with Gasteiger partial charge < -0.3 is 20.0 Å². The quantitative estimate of drug-likeness (QED) is 0.437. The lowest BCUT2D eigenvalue weighted by atomic mass is 9.96. The number of likely N-dealkylation sites (tertiary alicyclic amines) is 1. The summed E-state index contributed by atoms with van der Waals surface area (Å²) in [6.07, 6.45) is 4.30. The molecule has 2 heterocycles. The molecule has 2 N–H and O–H groups in total. The first-order valence-electron chi connectivity index (χ1n) is 9.51. The molecule has 10 nitrogen and oxygen atoms in total. The second-order valence-electron chi connectivity index (χ2n) is 7.17. The summed E-state index contributed by atoms with van der Waals surface area (Å²) in [6, 6.07) is 5.61. The average molecular weight is 414 g/mol. The van der Waals surface area contributed by atoms with Gasteiger partial charge in [0.1, 0.15) is 6.26 Å². The first kappa shape index (κ1) is 21.0. The van der Waals surface area contributed by atoms with Crippen molar-refractivity contribution in [3.8, 4) is 0 Å². The van der Waals surface area contributed by atoms with Gasteiger partial charge in [0.15, 0.2) is 0 Å². The first-order valence-corrected chi connectivity index (χ1v) is 9.51. The highest BCUT2D eigenvalue weighted by Gasteiger charge is 2.25. The molecule has 1 fully saturated rings. The monoisotopic (exact) mass is 414 g/mol. The van der Waals surface area contributed by atoms with E-state index in [1.807, 2.05) is 0 Å². The predicted molar refractivity (Wildman–Crippen MR) is 107 cm³/mol. The topological polar surface area (TPSA) is 135 Å². The molecule has 0 unspecified atom stereocenters. The molecular weight excluding hydrogens is 392 g/mol. The molecule has 0 spiro atoms. The Bertz CT molecular complexity index is 948. The molecule has 1 aliphatic heterocycles. The molecule has 3 amide bonds. The maximum atomic E-state index is 12.3. The second-order valence-corrected chi connectivity index (χ2v) is 7.17. The SMILES string of the molecule is Cc1cc([N+](=O)[O-])ccc1NC(=O)C(=O)NCC1CCN(C(=O)c2ccoc2)CC1. The molecular formula is C20H22N4O6. The predicted octanol–water partition coefficient (Wildman–Crippen LogP) is 2.10. The van der Waals surface area contributed by atoms with Gasteiger partial charge in [-0.05, 0) is 43.4 Å². The number of amides is 3. The number of hydrogen-bond acceptors (Lipinski definition) is 6. The molecule has 30 heavy (non-hydrogen) atoms. The molecule has 10 heteroatoms. The minimum absolute atomic E-state index is 0.0796. The van der Waals surface area contributed by atoms with Crippen molar-refractivity contribution in [2.24, 2.45) is 5.92 Å². The Labute approximate surface area is 172 Å². The molecule has 0 aliphatic carbocycles. The Morgan fingerprint density at radius 3 is 2.53 bits per heavy atom. The van der Waals surface area contributed by atoms with Crippen LogP contribution >= 0.6 is 0 Å².